The highest BCUT2D eigenvalue weighted by Gasteiger charge is 2.40. The number of nitrogens with one attached hydrogen (secondary N) is 1. The van der Waals surface area contributed by atoms with E-state index in [1.165, 1.54) is 30.6 Å². The van der Waals surface area contributed by atoms with Crippen molar-refractivity contribution < 1.29 is 9.53 Å². The molecule has 22 heavy (non-hydrogen) atoms. The van der Waals surface area contributed by atoms with Crippen LogP contribution >= 0.6 is 23.7 Å². The number of nitrogens with zero attached hydrogens (tertiary/aromatic N) is 1. The number of nitrogens with two attached hydrogens (primary N) is 1. The van der Waals surface area contributed by atoms with Gasteiger partial charge in [-0.1, -0.05) is 6.42 Å². The summed E-state index contributed by atoms with van der Waals surface area (Å²) in [6.07, 6.45) is 5.70. The van der Waals surface area contributed by atoms with E-state index in [0.29, 0.717) is 30.2 Å². The van der Waals surface area contributed by atoms with Crippen LogP contribution < -0.4 is 11.1 Å². The van der Waals surface area contributed by atoms with Gasteiger partial charge in [0.05, 0.1) is 6.61 Å². The van der Waals surface area contributed by atoms with Crippen LogP contribution in [0, 0.1) is 11.8 Å². The van der Waals surface area contributed by atoms with E-state index in [-0.39, 0.29) is 24.4 Å². The zero-order chi connectivity index (χ0) is 14.8. The summed E-state index contributed by atoms with van der Waals surface area (Å²) in [5.74, 6) is 1.02. The molecule has 3 N–H and O–H groups in total. The number of carbonyl (C=O) groups is 1. The van der Waals surface area contributed by atoms with Crippen molar-refractivity contribution in [2.75, 3.05) is 7.11 Å². The highest BCUT2D eigenvalue weighted by Crippen LogP contribution is 2.39. The van der Waals surface area contributed by atoms with Crippen LogP contribution in [0.25, 0.3) is 0 Å². The number of rotatable bonds is 4. The molecule has 3 rings (SSSR count). The number of hydrogen-bond donors (Lipinski definition) is 2. The third-order valence-electron chi connectivity index (χ3n) is 4.73. The third kappa shape index (κ3) is 3.79. The Hall–Kier alpha value is -0.690. The van der Waals surface area contributed by atoms with Crippen LogP contribution in [-0.4, -0.2) is 30.1 Å². The molecule has 1 aromatic heterocycles. The number of fused-ring (bicyclic) bond motifs is 2. The van der Waals surface area contributed by atoms with Crippen molar-refractivity contribution in [3.63, 3.8) is 0 Å². The summed E-state index contributed by atoms with van der Waals surface area (Å²) in [6.45, 7) is 0.460. The molecule has 2 bridgehead atoms. The van der Waals surface area contributed by atoms with Crippen molar-refractivity contribution in [3.8, 4) is 0 Å². The highest BCUT2D eigenvalue weighted by atomic mass is 35.5. The molecule has 0 saturated heterocycles. The largest absolute Gasteiger partial charge is 0.378 e. The molecule has 2 unspecified atom stereocenters. The fraction of sp³-hybridized carbons (Fsp3) is 0.733. The zero-order valence-electron chi connectivity index (χ0n) is 12.8. The van der Waals surface area contributed by atoms with E-state index < -0.39 is 0 Å². The summed E-state index contributed by atoms with van der Waals surface area (Å²) < 4.78 is 5.05. The fourth-order valence-electron chi connectivity index (χ4n) is 3.86. The van der Waals surface area contributed by atoms with Crippen molar-refractivity contribution >= 4 is 29.7 Å². The Kier molecular flexibility index (Phi) is 6.20. The summed E-state index contributed by atoms with van der Waals surface area (Å²) in [6, 6.07) is 0.583. The number of methoxy groups -OCH3 is 1. The second kappa shape index (κ2) is 7.73. The second-order valence-corrected chi connectivity index (χ2v) is 7.18. The number of aromatic nitrogens is 1. The van der Waals surface area contributed by atoms with Gasteiger partial charge in [-0.15, -0.1) is 23.7 Å². The van der Waals surface area contributed by atoms with Crippen LogP contribution in [-0.2, 0) is 11.3 Å². The average molecular weight is 346 g/mol. The predicted octanol–water partition coefficient (Wildman–Crippen LogP) is 2.35. The van der Waals surface area contributed by atoms with Crippen molar-refractivity contribution in [2.24, 2.45) is 17.6 Å². The van der Waals surface area contributed by atoms with Crippen LogP contribution in [0.4, 0.5) is 0 Å². The standard InChI is InChI=1S/C15H23N3O2S.ClH/c1-20-7-13-17-12(8-21-13)15(19)18-14-9-3-2-4-10(14)6-11(16)5-9;/h8-11,14H,2-7,16H2,1H3,(H,18,19);1H. The van der Waals surface area contributed by atoms with E-state index in [4.69, 9.17) is 10.5 Å². The maximum absolute atomic E-state index is 12.4. The topological polar surface area (TPSA) is 77.2 Å². The lowest BCUT2D eigenvalue weighted by molar-refractivity contribution is 0.0751. The Morgan fingerprint density at radius 1 is 1.45 bits per heavy atom. The van der Waals surface area contributed by atoms with E-state index in [1.807, 2.05) is 5.38 Å². The van der Waals surface area contributed by atoms with Gasteiger partial charge in [-0.2, -0.15) is 0 Å². The maximum Gasteiger partial charge on any atom is 0.270 e. The normalized spacial score (nSPS) is 30.5. The third-order valence-corrected chi connectivity index (χ3v) is 5.55. The van der Waals surface area contributed by atoms with Gasteiger partial charge in [0, 0.05) is 24.6 Å². The number of carbonyl (C=O) groups excluding carboxylic acids is 1. The Balaban J connectivity index is 0.00000176. The Labute approximate surface area is 141 Å². The summed E-state index contributed by atoms with van der Waals surface area (Å²) in [5.41, 5.74) is 6.64. The molecule has 2 aliphatic carbocycles. The van der Waals surface area contributed by atoms with E-state index >= 15 is 0 Å². The summed E-state index contributed by atoms with van der Waals surface area (Å²) in [4.78, 5) is 16.7. The first-order valence-corrected chi connectivity index (χ1v) is 8.55. The number of hydrogen-bond acceptors (Lipinski definition) is 5. The van der Waals surface area contributed by atoms with Crippen LogP contribution in [0.1, 0.15) is 47.6 Å². The lowest BCUT2D eigenvalue weighted by Crippen LogP contribution is -2.53. The molecule has 0 radical (unpaired) electrons. The number of halogens is 1. The second-order valence-electron chi connectivity index (χ2n) is 6.24. The van der Waals surface area contributed by atoms with Crippen molar-refractivity contribution in [2.45, 2.75) is 50.8 Å². The Bertz CT molecular complexity index is 497. The van der Waals surface area contributed by atoms with Gasteiger partial charge in [-0.25, -0.2) is 4.98 Å². The molecule has 1 heterocycles. The quantitative estimate of drug-likeness (QED) is 0.878. The molecule has 0 aliphatic heterocycles. The summed E-state index contributed by atoms with van der Waals surface area (Å²) >= 11 is 1.47. The highest BCUT2D eigenvalue weighted by molar-refractivity contribution is 7.09. The zero-order valence-corrected chi connectivity index (χ0v) is 14.4. The lowest BCUT2D eigenvalue weighted by Gasteiger charge is -2.45. The molecule has 1 aromatic rings. The number of thiazole rings is 1. The van der Waals surface area contributed by atoms with Gasteiger partial charge in [0.1, 0.15) is 10.7 Å². The first-order valence-electron chi connectivity index (χ1n) is 7.67. The first-order chi connectivity index (χ1) is 10.2. The van der Waals surface area contributed by atoms with E-state index in [2.05, 4.69) is 10.3 Å². The molecule has 5 nitrogen and oxygen atoms in total. The lowest BCUT2D eigenvalue weighted by atomic mass is 9.67. The number of ether oxygens (including phenoxy) is 1. The van der Waals surface area contributed by atoms with Crippen LogP contribution in [0.15, 0.2) is 5.38 Å². The van der Waals surface area contributed by atoms with Crippen molar-refractivity contribution in [1.82, 2.24) is 10.3 Å². The molecule has 0 spiro atoms. The monoisotopic (exact) mass is 345 g/mol. The average Bonchev–Trinajstić information content (AvgIpc) is 2.89. The first kappa shape index (κ1) is 17.7. The van der Waals surface area contributed by atoms with Gasteiger partial charge in [-0.05, 0) is 37.5 Å². The van der Waals surface area contributed by atoms with Crippen LogP contribution in [0.3, 0.4) is 0 Å². The van der Waals surface area contributed by atoms with Crippen LogP contribution in [0.2, 0.25) is 0 Å². The van der Waals surface area contributed by atoms with Crippen molar-refractivity contribution in [1.29, 1.82) is 0 Å². The molecule has 7 heteroatoms. The van der Waals surface area contributed by atoms with Gasteiger partial charge in [0.15, 0.2) is 0 Å². The van der Waals surface area contributed by atoms with Crippen LogP contribution in [0.5, 0.6) is 0 Å². The summed E-state index contributed by atoms with van der Waals surface area (Å²) in [5, 5.41) is 5.88. The smallest absolute Gasteiger partial charge is 0.270 e. The molecule has 2 atom stereocenters. The molecule has 2 aliphatic rings. The molecule has 2 fully saturated rings. The van der Waals surface area contributed by atoms with E-state index in [1.54, 1.807) is 7.11 Å². The Morgan fingerprint density at radius 3 is 2.77 bits per heavy atom. The minimum absolute atomic E-state index is 0. The van der Waals surface area contributed by atoms with Crippen molar-refractivity contribution in [3.05, 3.63) is 16.1 Å². The van der Waals surface area contributed by atoms with Gasteiger partial charge >= 0.3 is 0 Å². The molecule has 124 valence electrons. The van der Waals surface area contributed by atoms with Gasteiger partial charge in [0.25, 0.3) is 5.91 Å². The van der Waals surface area contributed by atoms with E-state index in [9.17, 15) is 4.79 Å². The Morgan fingerprint density at radius 2 is 2.14 bits per heavy atom. The predicted molar refractivity (Wildman–Crippen MR) is 89.4 cm³/mol. The summed E-state index contributed by atoms with van der Waals surface area (Å²) in [7, 11) is 1.63. The molecular formula is C15H24ClN3O2S. The minimum Gasteiger partial charge on any atom is -0.378 e. The molecular weight excluding hydrogens is 322 g/mol. The van der Waals surface area contributed by atoms with Gasteiger partial charge < -0.3 is 15.8 Å². The van der Waals surface area contributed by atoms with E-state index in [0.717, 1.165) is 17.8 Å². The fourth-order valence-corrected chi connectivity index (χ4v) is 4.60. The number of amides is 1. The molecule has 0 aromatic carbocycles. The molecule has 2 saturated carbocycles. The SMILES string of the molecule is COCc1nc(C(=O)NC2C3CCCC2CC(N)C3)cs1.Cl. The minimum atomic E-state index is -0.0500. The van der Waals surface area contributed by atoms with Gasteiger partial charge in [0.2, 0.25) is 0 Å². The molecule has 1 amide bonds. The van der Waals surface area contributed by atoms with Gasteiger partial charge in [-0.3, -0.25) is 4.79 Å². The maximum atomic E-state index is 12.4.